The van der Waals surface area contributed by atoms with Crippen LogP contribution in [-0.2, 0) is 4.79 Å². The van der Waals surface area contributed by atoms with Crippen molar-refractivity contribution in [2.45, 2.75) is 57.8 Å². The number of hydrogen-bond acceptors (Lipinski definition) is 1. The number of carbonyl (C=O) groups is 1. The minimum atomic E-state index is -0.665. The molecule has 1 N–H and O–H groups in total. The Bertz CT molecular complexity index is 778. The second-order valence-electron chi connectivity index (χ2n) is 8.00. The molecule has 3 aromatic carbocycles. The molecule has 176 valence electrons. The lowest BCUT2D eigenvalue weighted by molar-refractivity contribution is -0.137. The number of benzene rings is 3. The van der Waals surface area contributed by atoms with Crippen LogP contribution in [0.15, 0.2) is 91.0 Å². The molecule has 0 fully saturated rings. The third-order valence-corrected chi connectivity index (χ3v) is 8.32. The number of unbranched alkanes of at least 4 members (excludes halogenated alkanes) is 7. The molecule has 4 heteroatoms. The summed E-state index contributed by atoms with van der Waals surface area (Å²) in [6.07, 6.45) is 9.94. The number of rotatable bonds is 13. The van der Waals surface area contributed by atoms with E-state index in [-0.39, 0.29) is 0 Å². The van der Waals surface area contributed by atoms with Crippen LogP contribution in [0.1, 0.15) is 57.8 Å². The zero-order valence-electron chi connectivity index (χ0n) is 19.4. The van der Waals surface area contributed by atoms with Gasteiger partial charge in [0.1, 0.15) is 0 Å². The maximum atomic E-state index is 10.2. The Morgan fingerprint density at radius 2 is 0.909 bits per heavy atom. The van der Waals surface area contributed by atoms with Gasteiger partial charge in [0.15, 0.2) is 0 Å². The van der Waals surface area contributed by atoms with Crippen LogP contribution in [0.25, 0.3) is 0 Å². The first-order valence-electron chi connectivity index (χ1n) is 12.0. The number of hydrogen-bond donors (Lipinski definition) is 1. The SMILES string of the molecule is O=C(O)CCCCCCCCCCBr.c1ccc(P(c2ccccc2)c2ccccc2)cc1. The van der Waals surface area contributed by atoms with Gasteiger partial charge in [0.25, 0.3) is 0 Å². The molecule has 0 saturated carbocycles. The number of aliphatic carboxylic acids is 1. The van der Waals surface area contributed by atoms with Crippen molar-refractivity contribution in [1.29, 1.82) is 0 Å². The first-order valence-corrected chi connectivity index (χ1v) is 14.4. The van der Waals surface area contributed by atoms with Crippen LogP contribution in [0.2, 0.25) is 0 Å². The van der Waals surface area contributed by atoms with E-state index in [1.165, 1.54) is 54.4 Å². The standard InChI is InChI=1S/C18H15P.C11H21BrO2/c1-4-10-16(11-5-1)19(17-12-6-2-7-13-17)18-14-8-3-9-15-18;12-10-8-6-4-2-1-3-5-7-9-11(13)14/h1-15H;1-10H2,(H,13,14). The minimum absolute atomic E-state index is 0.337. The molecule has 0 atom stereocenters. The van der Waals surface area contributed by atoms with Crippen molar-refractivity contribution in [3.8, 4) is 0 Å². The predicted molar refractivity (Wildman–Crippen MR) is 148 cm³/mol. The van der Waals surface area contributed by atoms with Crippen molar-refractivity contribution in [1.82, 2.24) is 0 Å². The number of carboxylic acids is 1. The van der Waals surface area contributed by atoms with Crippen molar-refractivity contribution in [2.75, 3.05) is 5.33 Å². The molecule has 2 nitrogen and oxygen atoms in total. The van der Waals surface area contributed by atoms with Crippen molar-refractivity contribution < 1.29 is 9.90 Å². The van der Waals surface area contributed by atoms with Crippen LogP contribution < -0.4 is 15.9 Å². The first-order chi connectivity index (χ1) is 16.2. The van der Waals surface area contributed by atoms with E-state index in [1.54, 1.807) is 0 Å². The fourth-order valence-corrected chi connectivity index (χ4v) is 6.31. The van der Waals surface area contributed by atoms with E-state index in [2.05, 4.69) is 107 Å². The van der Waals surface area contributed by atoms with Crippen LogP contribution in [0.5, 0.6) is 0 Å². The quantitative estimate of drug-likeness (QED) is 0.143. The summed E-state index contributed by atoms with van der Waals surface area (Å²) in [6, 6.07) is 32.3. The van der Waals surface area contributed by atoms with Gasteiger partial charge < -0.3 is 5.11 Å². The van der Waals surface area contributed by atoms with E-state index in [0.717, 1.165) is 18.2 Å². The summed E-state index contributed by atoms with van der Waals surface area (Å²) in [7, 11) is -0.446. The van der Waals surface area contributed by atoms with Gasteiger partial charge in [0.2, 0.25) is 0 Å². The molecule has 0 radical (unpaired) electrons. The molecule has 0 amide bonds. The molecule has 0 aliphatic carbocycles. The van der Waals surface area contributed by atoms with Crippen LogP contribution in [-0.4, -0.2) is 16.4 Å². The Morgan fingerprint density at radius 3 is 1.24 bits per heavy atom. The zero-order valence-corrected chi connectivity index (χ0v) is 21.9. The lowest BCUT2D eigenvalue weighted by Gasteiger charge is -2.18. The average Bonchev–Trinajstić information content (AvgIpc) is 2.85. The molecule has 3 rings (SSSR count). The molecular formula is C29H36BrO2P. The molecule has 0 spiro atoms. The predicted octanol–water partition coefficient (Wildman–Crippen LogP) is 7.42. The number of halogens is 1. The first kappa shape index (κ1) is 27.3. The summed E-state index contributed by atoms with van der Waals surface area (Å²) in [4.78, 5) is 10.2. The maximum Gasteiger partial charge on any atom is 0.303 e. The highest BCUT2D eigenvalue weighted by molar-refractivity contribution is 9.09. The summed E-state index contributed by atoms with van der Waals surface area (Å²) >= 11 is 3.41. The molecular weight excluding hydrogens is 491 g/mol. The van der Waals surface area contributed by atoms with E-state index in [1.807, 2.05) is 0 Å². The third kappa shape index (κ3) is 11.6. The van der Waals surface area contributed by atoms with Crippen LogP contribution in [0.3, 0.4) is 0 Å². The Morgan fingerprint density at radius 1 is 0.576 bits per heavy atom. The van der Waals surface area contributed by atoms with Crippen LogP contribution >= 0.6 is 23.9 Å². The Balaban J connectivity index is 0.000000248. The highest BCUT2D eigenvalue weighted by Crippen LogP contribution is 2.32. The fourth-order valence-electron chi connectivity index (χ4n) is 3.61. The normalized spacial score (nSPS) is 10.5. The molecule has 3 aromatic rings. The third-order valence-electron chi connectivity index (χ3n) is 5.32. The largest absolute Gasteiger partial charge is 0.481 e. The summed E-state index contributed by atoms with van der Waals surface area (Å²) in [5, 5.41) is 13.7. The highest BCUT2D eigenvalue weighted by Gasteiger charge is 2.14. The van der Waals surface area contributed by atoms with Crippen molar-refractivity contribution in [3.63, 3.8) is 0 Å². The molecule has 0 aliphatic rings. The zero-order chi connectivity index (χ0) is 23.6. The Hall–Kier alpha value is -1.96. The maximum absolute atomic E-state index is 10.2. The Labute approximate surface area is 209 Å². The smallest absolute Gasteiger partial charge is 0.303 e. The average molecular weight is 527 g/mol. The highest BCUT2D eigenvalue weighted by atomic mass is 79.9. The second kappa shape index (κ2) is 17.5. The number of carboxylic acid groups (broad SMARTS) is 1. The van der Waals surface area contributed by atoms with E-state index in [9.17, 15) is 4.79 Å². The second-order valence-corrected chi connectivity index (χ2v) is 11.0. The molecule has 0 unspecified atom stereocenters. The Kier molecular flexibility index (Phi) is 14.5. The van der Waals surface area contributed by atoms with Gasteiger partial charge in [-0.1, -0.05) is 145 Å². The summed E-state index contributed by atoms with van der Waals surface area (Å²) in [5.74, 6) is -0.665. The van der Waals surface area contributed by atoms with E-state index in [4.69, 9.17) is 5.11 Å². The van der Waals surface area contributed by atoms with Gasteiger partial charge >= 0.3 is 5.97 Å². The summed E-state index contributed by atoms with van der Waals surface area (Å²) in [6.45, 7) is 0. The van der Waals surface area contributed by atoms with Crippen LogP contribution in [0, 0.1) is 0 Å². The van der Waals surface area contributed by atoms with Crippen molar-refractivity contribution in [2.24, 2.45) is 0 Å². The van der Waals surface area contributed by atoms with Crippen molar-refractivity contribution in [3.05, 3.63) is 91.0 Å². The molecule has 0 heterocycles. The van der Waals surface area contributed by atoms with Crippen LogP contribution in [0.4, 0.5) is 0 Å². The monoisotopic (exact) mass is 526 g/mol. The van der Waals surface area contributed by atoms with Gasteiger partial charge in [-0.15, -0.1) is 0 Å². The van der Waals surface area contributed by atoms with E-state index in [0.29, 0.717) is 6.42 Å². The molecule has 33 heavy (non-hydrogen) atoms. The lowest BCUT2D eigenvalue weighted by Crippen LogP contribution is -2.20. The molecule has 0 aliphatic heterocycles. The van der Waals surface area contributed by atoms with Gasteiger partial charge in [-0.3, -0.25) is 4.79 Å². The number of alkyl halides is 1. The van der Waals surface area contributed by atoms with E-state index < -0.39 is 13.9 Å². The fraction of sp³-hybridized carbons (Fsp3) is 0.345. The summed E-state index contributed by atoms with van der Waals surface area (Å²) < 4.78 is 0. The van der Waals surface area contributed by atoms with E-state index >= 15 is 0 Å². The lowest BCUT2D eigenvalue weighted by atomic mass is 10.1. The van der Waals surface area contributed by atoms with Gasteiger partial charge in [0, 0.05) is 11.8 Å². The van der Waals surface area contributed by atoms with Crippen molar-refractivity contribution >= 4 is 45.7 Å². The van der Waals surface area contributed by atoms with Gasteiger partial charge in [-0.2, -0.15) is 0 Å². The summed E-state index contributed by atoms with van der Waals surface area (Å²) in [5.41, 5.74) is 0. The van der Waals surface area contributed by atoms with Gasteiger partial charge in [-0.05, 0) is 36.7 Å². The van der Waals surface area contributed by atoms with Gasteiger partial charge in [-0.25, -0.2) is 0 Å². The minimum Gasteiger partial charge on any atom is -0.481 e. The van der Waals surface area contributed by atoms with Gasteiger partial charge in [0.05, 0.1) is 0 Å². The molecule has 0 saturated heterocycles. The topological polar surface area (TPSA) is 37.3 Å². The molecule has 0 aromatic heterocycles. The molecule has 0 bridgehead atoms.